The largest absolute Gasteiger partial charge is 0.386 e. The van der Waals surface area contributed by atoms with Crippen LogP contribution in [0.1, 0.15) is 31.7 Å². The molecule has 1 aliphatic rings. The molecule has 0 unspecified atom stereocenters. The molecule has 0 aromatic heterocycles. The number of carbonyl (C=O) groups excluding carboxylic acids is 1. The summed E-state index contributed by atoms with van der Waals surface area (Å²) in [5.74, 6) is -0.126. The predicted molar refractivity (Wildman–Crippen MR) is 104 cm³/mol. The summed E-state index contributed by atoms with van der Waals surface area (Å²) in [5, 5.41) is 4.53. The third kappa shape index (κ3) is 5.86. The summed E-state index contributed by atoms with van der Waals surface area (Å²) in [6.07, 6.45) is 3.58. The third-order valence-electron chi connectivity index (χ3n) is 4.16. The zero-order valence-electron chi connectivity index (χ0n) is 14.5. The SMILES string of the molecule is CCCCN(C(=O)CO/N=C\c1cccc(Cl)c1Cl)[C@@H]1CCS(=O)(=O)C1. The Balaban J connectivity index is 1.94. The van der Waals surface area contributed by atoms with Gasteiger partial charge in [0.15, 0.2) is 16.4 Å². The first-order chi connectivity index (χ1) is 12.3. The second-order valence-corrected chi connectivity index (χ2v) is 9.16. The molecule has 1 saturated heterocycles. The van der Waals surface area contributed by atoms with Crippen LogP contribution in [0.3, 0.4) is 0 Å². The van der Waals surface area contributed by atoms with Crippen LogP contribution in [0.4, 0.5) is 0 Å². The Labute approximate surface area is 164 Å². The molecular weight excluding hydrogens is 399 g/mol. The standard InChI is InChI=1S/C17H22Cl2N2O4S/c1-2-3-8-21(14-7-9-26(23,24)12-14)16(22)11-25-20-10-13-5-4-6-15(18)17(13)19/h4-6,10,14H,2-3,7-9,11-12H2,1H3/b20-10-/t14-/m1/s1. The number of nitrogens with zero attached hydrogens (tertiary/aromatic N) is 2. The molecule has 0 spiro atoms. The third-order valence-corrected chi connectivity index (χ3v) is 6.74. The van der Waals surface area contributed by atoms with Crippen molar-refractivity contribution < 1.29 is 18.0 Å². The van der Waals surface area contributed by atoms with E-state index in [4.69, 9.17) is 28.0 Å². The zero-order chi connectivity index (χ0) is 19.2. The van der Waals surface area contributed by atoms with E-state index >= 15 is 0 Å². The maximum absolute atomic E-state index is 12.5. The van der Waals surface area contributed by atoms with Crippen LogP contribution >= 0.6 is 23.2 Å². The molecule has 1 amide bonds. The van der Waals surface area contributed by atoms with Gasteiger partial charge in [-0.3, -0.25) is 4.79 Å². The molecule has 6 nitrogen and oxygen atoms in total. The molecule has 1 heterocycles. The number of benzene rings is 1. The van der Waals surface area contributed by atoms with Gasteiger partial charge in [0.1, 0.15) is 0 Å². The van der Waals surface area contributed by atoms with Gasteiger partial charge in [-0.1, -0.05) is 53.8 Å². The van der Waals surface area contributed by atoms with Crippen LogP contribution in [0.5, 0.6) is 0 Å². The highest BCUT2D eigenvalue weighted by Crippen LogP contribution is 2.24. The highest BCUT2D eigenvalue weighted by Gasteiger charge is 2.34. The summed E-state index contributed by atoms with van der Waals surface area (Å²) in [6.45, 7) is 2.28. The van der Waals surface area contributed by atoms with E-state index in [2.05, 4.69) is 5.16 Å². The van der Waals surface area contributed by atoms with Gasteiger partial charge < -0.3 is 9.74 Å². The minimum absolute atomic E-state index is 0.0177. The molecule has 9 heteroatoms. The molecule has 1 aromatic rings. The van der Waals surface area contributed by atoms with Crippen LogP contribution in [-0.2, 0) is 19.5 Å². The van der Waals surface area contributed by atoms with Gasteiger partial charge in [-0.05, 0) is 18.9 Å². The van der Waals surface area contributed by atoms with Crippen LogP contribution in [0.15, 0.2) is 23.4 Å². The van der Waals surface area contributed by atoms with Gasteiger partial charge in [0, 0.05) is 18.2 Å². The van der Waals surface area contributed by atoms with Crippen LogP contribution in [0.25, 0.3) is 0 Å². The quantitative estimate of drug-likeness (QED) is 0.477. The second-order valence-electron chi connectivity index (χ2n) is 6.15. The maximum atomic E-state index is 12.5. The molecule has 1 fully saturated rings. The van der Waals surface area contributed by atoms with Crippen molar-refractivity contribution in [2.24, 2.45) is 5.16 Å². The fourth-order valence-corrected chi connectivity index (χ4v) is 4.84. The first-order valence-electron chi connectivity index (χ1n) is 8.43. The number of oxime groups is 1. The van der Waals surface area contributed by atoms with Crippen molar-refractivity contribution in [3.05, 3.63) is 33.8 Å². The van der Waals surface area contributed by atoms with E-state index in [1.807, 2.05) is 6.92 Å². The highest BCUT2D eigenvalue weighted by molar-refractivity contribution is 7.91. The van der Waals surface area contributed by atoms with E-state index in [0.717, 1.165) is 12.8 Å². The lowest BCUT2D eigenvalue weighted by molar-refractivity contribution is -0.138. The predicted octanol–water partition coefficient (Wildman–Crippen LogP) is 3.16. The van der Waals surface area contributed by atoms with Crippen molar-refractivity contribution in [2.45, 2.75) is 32.2 Å². The topological polar surface area (TPSA) is 76.0 Å². The summed E-state index contributed by atoms with van der Waals surface area (Å²) in [6, 6.07) is 4.83. The highest BCUT2D eigenvalue weighted by atomic mass is 35.5. The number of halogens is 2. The number of hydrogen-bond acceptors (Lipinski definition) is 5. The van der Waals surface area contributed by atoms with Crippen molar-refractivity contribution in [3.63, 3.8) is 0 Å². The van der Waals surface area contributed by atoms with Gasteiger partial charge in [0.25, 0.3) is 5.91 Å². The molecule has 1 aromatic carbocycles. The summed E-state index contributed by atoms with van der Waals surface area (Å²) in [5.41, 5.74) is 0.580. The van der Waals surface area contributed by atoms with Crippen molar-refractivity contribution in [1.29, 1.82) is 0 Å². The molecular formula is C17H22Cl2N2O4S. The van der Waals surface area contributed by atoms with E-state index in [9.17, 15) is 13.2 Å². The molecule has 1 atom stereocenters. The second kappa shape index (κ2) is 9.58. The molecule has 0 N–H and O–H groups in total. The van der Waals surface area contributed by atoms with Gasteiger partial charge in [-0.15, -0.1) is 0 Å². The Hall–Kier alpha value is -1.31. The fraction of sp³-hybridized carbons (Fsp3) is 0.529. The number of carbonyl (C=O) groups is 1. The lowest BCUT2D eigenvalue weighted by Crippen LogP contribution is -2.43. The van der Waals surface area contributed by atoms with Crippen molar-refractivity contribution in [2.75, 3.05) is 24.7 Å². The van der Waals surface area contributed by atoms with E-state index in [1.165, 1.54) is 6.21 Å². The monoisotopic (exact) mass is 420 g/mol. The summed E-state index contributed by atoms with van der Waals surface area (Å²) in [7, 11) is -3.06. The number of unbranched alkanes of at least 4 members (excludes halogenated alkanes) is 1. The first kappa shape index (κ1) is 21.0. The average Bonchev–Trinajstić information content (AvgIpc) is 2.95. The maximum Gasteiger partial charge on any atom is 0.263 e. The Bertz CT molecular complexity index is 768. The van der Waals surface area contributed by atoms with E-state index < -0.39 is 9.84 Å². The molecule has 0 radical (unpaired) electrons. The summed E-state index contributed by atoms with van der Waals surface area (Å²) >= 11 is 12.0. The van der Waals surface area contributed by atoms with Gasteiger partial charge in [0.05, 0.1) is 27.8 Å². The van der Waals surface area contributed by atoms with Crippen molar-refractivity contribution in [1.82, 2.24) is 4.90 Å². The molecule has 0 aliphatic carbocycles. The fourth-order valence-electron chi connectivity index (χ4n) is 2.75. The Morgan fingerprint density at radius 1 is 1.42 bits per heavy atom. The molecule has 1 aliphatic heterocycles. The molecule has 0 saturated carbocycles. The summed E-state index contributed by atoms with van der Waals surface area (Å²) < 4.78 is 23.4. The number of amides is 1. The van der Waals surface area contributed by atoms with Crippen LogP contribution in [0, 0.1) is 0 Å². The van der Waals surface area contributed by atoms with Crippen LogP contribution < -0.4 is 0 Å². The minimum atomic E-state index is -3.06. The first-order valence-corrected chi connectivity index (χ1v) is 11.0. The molecule has 2 rings (SSSR count). The summed E-state index contributed by atoms with van der Waals surface area (Å²) in [4.78, 5) is 19.2. The number of rotatable bonds is 8. The van der Waals surface area contributed by atoms with E-state index in [1.54, 1.807) is 23.1 Å². The van der Waals surface area contributed by atoms with E-state index in [-0.39, 0.29) is 30.1 Å². The van der Waals surface area contributed by atoms with Gasteiger partial charge in [-0.2, -0.15) is 0 Å². The van der Waals surface area contributed by atoms with Crippen LogP contribution in [0.2, 0.25) is 10.0 Å². The Morgan fingerprint density at radius 3 is 2.85 bits per heavy atom. The van der Waals surface area contributed by atoms with Crippen molar-refractivity contribution >= 4 is 45.2 Å². The smallest absolute Gasteiger partial charge is 0.263 e. The molecule has 144 valence electrons. The normalized spacial score (nSPS) is 19.0. The minimum Gasteiger partial charge on any atom is -0.386 e. The van der Waals surface area contributed by atoms with Gasteiger partial charge in [-0.25, -0.2) is 8.42 Å². The van der Waals surface area contributed by atoms with Crippen molar-refractivity contribution in [3.8, 4) is 0 Å². The lowest BCUT2D eigenvalue weighted by Gasteiger charge is -2.27. The van der Waals surface area contributed by atoms with Crippen LogP contribution in [-0.4, -0.2) is 56.1 Å². The van der Waals surface area contributed by atoms with Gasteiger partial charge >= 0.3 is 0 Å². The number of sulfone groups is 1. The average molecular weight is 421 g/mol. The Morgan fingerprint density at radius 2 is 2.19 bits per heavy atom. The Kier molecular flexibility index (Phi) is 7.73. The molecule has 0 bridgehead atoms. The lowest BCUT2D eigenvalue weighted by atomic mass is 10.2. The van der Waals surface area contributed by atoms with E-state index in [0.29, 0.717) is 28.6 Å². The van der Waals surface area contributed by atoms with Gasteiger partial charge in [0.2, 0.25) is 0 Å². The number of hydrogen-bond donors (Lipinski definition) is 0. The molecule has 26 heavy (non-hydrogen) atoms. The zero-order valence-corrected chi connectivity index (χ0v) is 16.9.